The van der Waals surface area contributed by atoms with Crippen LogP contribution in [0.2, 0.25) is 0 Å². The fourth-order valence-electron chi connectivity index (χ4n) is 2.16. The molecule has 2 rings (SSSR count). The van der Waals surface area contributed by atoms with Crippen molar-refractivity contribution >= 4 is 29.3 Å². The van der Waals surface area contributed by atoms with E-state index in [1.807, 2.05) is 54.6 Å². The number of ether oxygens (including phenoxy) is 1. The van der Waals surface area contributed by atoms with Crippen LogP contribution >= 0.6 is 11.8 Å². The molecule has 2 aromatic carbocycles. The number of hydrogen-bond acceptors (Lipinski definition) is 4. The van der Waals surface area contributed by atoms with Gasteiger partial charge in [0.1, 0.15) is 5.75 Å². The van der Waals surface area contributed by atoms with E-state index in [2.05, 4.69) is 5.32 Å². The molecule has 2 N–H and O–H groups in total. The summed E-state index contributed by atoms with van der Waals surface area (Å²) in [5, 5.41) is 11.5. The number of anilines is 1. The number of para-hydroxylation sites is 1. The molecule has 0 bridgehead atoms. The average Bonchev–Trinajstić information content (AvgIpc) is 2.60. The zero-order chi connectivity index (χ0) is 17.9. The van der Waals surface area contributed by atoms with Crippen molar-refractivity contribution in [3.05, 3.63) is 60.2 Å². The number of thioether (sulfide) groups is 1. The molecule has 0 atom stereocenters. The molecule has 0 fully saturated rings. The Morgan fingerprint density at radius 2 is 1.88 bits per heavy atom. The number of rotatable bonds is 10. The van der Waals surface area contributed by atoms with E-state index >= 15 is 0 Å². The molecule has 0 aliphatic carbocycles. The van der Waals surface area contributed by atoms with Gasteiger partial charge in [0.05, 0.1) is 12.4 Å². The van der Waals surface area contributed by atoms with Crippen molar-refractivity contribution in [2.75, 3.05) is 17.7 Å². The van der Waals surface area contributed by atoms with Gasteiger partial charge in [-0.15, -0.1) is 11.8 Å². The third-order valence-electron chi connectivity index (χ3n) is 3.27. The number of aliphatic carboxylic acids is 1. The summed E-state index contributed by atoms with van der Waals surface area (Å²) >= 11 is 1.33. The minimum absolute atomic E-state index is 0.0630. The van der Waals surface area contributed by atoms with Crippen molar-refractivity contribution in [2.45, 2.75) is 18.6 Å². The number of carbonyl (C=O) groups excluding carboxylic acids is 1. The fraction of sp³-hybridized carbons (Fsp3) is 0.263. The van der Waals surface area contributed by atoms with Crippen molar-refractivity contribution in [3.63, 3.8) is 0 Å². The molecule has 0 spiro atoms. The second kappa shape index (κ2) is 10.4. The van der Waals surface area contributed by atoms with E-state index in [1.165, 1.54) is 11.8 Å². The molecule has 25 heavy (non-hydrogen) atoms. The van der Waals surface area contributed by atoms with E-state index < -0.39 is 5.97 Å². The first-order valence-corrected chi connectivity index (χ1v) is 9.15. The first-order chi connectivity index (χ1) is 12.1. The Balaban J connectivity index is 1.70. The molecule has 0 unspecified atom stereocenters. The van der Waals surface area contributed by atoms with Gasteiger partial charge >= 0.3 is 5.97 Å². The van der Waals surface area contributed by atoms with Gasteiger partial charge in [0.15, 0.2) is 0 Å². The van der Waals surface area contributed by atoms with Crippen LogP contribution < -0.4 is 10.1 Å². The highest BCUT2D eigenvalue weighted by Gasteiger charge is 2.04. The summed E-state index contributed by atoms with van der Waals surface area (Å²) in [6, 6.07) is 17.0. The number of benzene rings is 2. The predicted octanol–water partition coefficient (Wildman–Crippen LogP) is 3.80. The van der Waals surface area contributed by atoms with Gasteiger partial charge in [-0.2, -0.15) is 0 Å². The van der Waals surface area contributed by atoms with Crippen LogP contribution in [0, 0.1) is 0 Å². The summed E-state index contributed by atoms with van der Waals surface area (Å²) in [6.07, 6.45) is 1.01. The van der Waals surface area contributed by atoms with Crippen LogP contribution in [0.3, 0.4) is 0 Å². The topological polar surface area (TPSA) is 75.6 Å². The quantitative estimate of drug-likeness (QED) is 0.631. The SMILES string of the molecule is O=C(O)CSCc1cccc(NC(=O)CCCOc2ccccc2)c1. The van der Waals surface area contributed by atoms with Gasteiger partial charge in [0.2, 0.25) is 5.91 Å². The summed E-state index contributed by atoms with van der Waals surface area (Å²) in [5.41, 5.74) is 1.71. The lowest BCUT2D eigenvalue weighted by molar-refractivity contribution is -0.133. The highest BCUT2D eigenvalue weighted by atomic mass is 32.2. The molecule has 0 heterocycles. The van der Waals surface area contributed by atoms with E-state index in [9.17, 15) is 9.59 Å². The van der Waals surface area contributed by atoms with Gasteiger partial charge < -0.3 is 15.2 Å². The summed E-state index contributed by atoms with van der Waals surface area (Å²) in [5.74, 6) is 0.576. The smallest absolute Gasteiger partial charge is 0.313 e. The molecule has 1 amide bonds. The van der Waals surface area contributed by atoms with E-state index in [0.717, 1.165) is 17.0 Å². The minimum atomic E-state index is -0.827. The first kappa shape index (κ1) is 18.9. The van der Waals surface area contributed by atoms with Gasteiger partial charge in [0, 0.05) is 17.9 Å². The molecule has 2 aromatic rings. The molecule has 6 heteroatoms. The lowest BCUT2D eigenvalue weighted by Gasteiger charge is -2.08. The summed E-state index contributed by atoms with van der Waals surface area (Å²) in [4.78, 5) is 22.5. The van der Waals surface area contributed by atoms with Crippen LogP contribution in [-0.2, 0) is 15.3 Å². The summed E-state index contributed by atoms with van der Waals surface area (Å²) in [6.45, 7) is 0.489. The van der Waals surface area contributed by atoms with E-state index in [1.54, 1.807) is 0 Å². The highest BCUT2D eigenvalue weighted by molar-refractivity contribution is 7.99. The van der Waals surface area contributed by atoms with Crippen molar-refractivity contribution in [2.24, 2.45) is 0 Å². The largest absolute Gasteiger partial charge is 0.494 e. The molecular weight excluding hydrogens is 338 g/mol. The molecule has 132 valence electrons. The van der Waals surface area contributed by atoms with Crippen LogP contribution in [-0.4, -0.2) is 29.3 Å². The van der Waals surface area contributed by atoms with Crippen molar-refractivity contribution < 1.29 is 19.4 Å². The zero-order valence-corrected chi connectivity index (χ0v) is 14.6. The van der Waals surface area contributed by atoms with E-state index in [4.69, 9.17) is 9.84 Å². The molecular formula is C19H21NO4S. The maximum absolute atomic E-state index is 12.0. The van der Waals surface area contributed by atoms with Gasteiger partial charge in [-0.1, -0.05) is 30.3 Å². The molecule has 5 nitrogen and oxygen atoms in total. The molecule has 0 saturated carbocycles. The third-order valence-corrected chi connectivity index (χ3v) is 4.25. The Morgan fingerprint density at radius 3 is 2.64 bits per heavy atom. The van der Waals surface area contributed by atoms with Gasteiger partial charge in [-0.25, -0.2) is 0 Å². The van der Waals surface area contributed by atoms with Gasteiger partial charge in [-0.05, 0) is 36.2 Å². The van der Waals surface area contributed by atoms with Crippen LogP contribution in [0.15, 0.2) is 54.6 Å². The maximum Gasteiger partial charge on any atom is 0.313 e. The Bertz CT molecular complexity index is 691. The van der Waals surface area contributed by atoms with Crippen molar-refractivity contribution in [1.29, 1.82) is 0 Å². The van der Waals surface area contributed by atoms with Gasteiger partial charge in [0.25, 0.3) is 0 Å². The second-order valence-electron chi connectivity index (χ2n) is 5.40. The van der Waals surface area contributed by atoms with Crippen LogP contribution in [0.5, 0.6) is 5.75 Å². The Morgan fingerprint density at radius 1 is 1.08 bits per heavy atom. The lowest BCUT2D eigenvalue weighted by Crippen LogP contribution is -2.13. The molecule has 0 radical (unpaired) electrons. The van der Waals surface area contributed by atoms with Crippen LogP contribution in [0.1, 0.15) is 18.4 Å². The van der Waals surface area contributed by atoms with E-state index in [-0.39, 0.29) is 11.7 Å². The highest BCUT2D eigenvalue weighted by Crippen LogP contribution is 2.17. The summed E-state index contributed by atoms with van der Waals surface area (Å²) in [7, 11) is 0. The Kier molecular flexibility index (Phi) is 7.85. The molecule has 0 aliphatic heterocycles. The zero-order valence-electron chi connectivity index (χ0n) is 13.8. The van der Waals surface area contributed by atoms with Crippen molar-refractivity contribution in [3.8, 4) is 5.75 Å². The third kappa shape index (κ3) is 7.76. The molecule has 0 saturated heterocycles. The Hall–Kier alpha value is -2.47. The fourth-order valence-corrected chi connectivity index (χ4v) is 2.85. The van der Waals surface area contributed by atoms with Gasteiger partial charge in [-0.3, -0.25) is 9.59 Å². The number of carboxylic acids is 1. The first-order valence-electron chi connectivity index (χ1n) is 7.99. The number of hydrogen-bond donors (Lipinski definition) is 2. The Labute approximate surface area is 151 Å². The molecule has 0 aromatic heterocycles. The number of nitrogens with one attached hydrogen (secondary N) is 1. The predicted molar refractivity (Wildman–Crippen MR) is 100 cm³/mol. The minimum Gasteiger partial charge on any atom is -0.494 e. The average molecular weight is 359 g/mol. The second-order valence-corrected chi connectivity index (χ2v) is 6.39. The van der Waals surface area contributed by atoms with Crippen molar-refractivity contribution in [1.82, 2.24) is 0 Å². The number of carboxylic acid groups (broad SMARTS) is 1. The van der Waals surface area contributed by atoms with E-state index in [0.29, 0.717) is 25.2 Å². The monoisotopic (exact) mass is 359 g/mol. The van der Waals surface area contributed by atoms with Crippen LogP contribution in [0.4, 0.5) is 5.69 Å². The normalized spacial score (nSPS) is 10.2. The maximum atomic E-state index is 12.0. The number of carbonyl (C=O) groups is 2. The molecule has 0 aliphatic rings. The standard InChI is InChI=1S/C19H21NO4S/c21-18(10-5-11-24-17-8-2-1-3-9-17)20-16-7-4-6-15(12-16)13-25-14-19(22)23/h1-4,6-9,12H,5,10-11,13-14H2,(H,20,21)(H,22,23). The van der Waals surface area contributed by atoms with Crippen LogP contribution in [0.25, 0.3) is 0 Å². The number of amides is 1. The lowest BCUT2D eigenvalue weighted by atomic mass is 10.2. The summed E-state index contributed by atoms with van der Waals surface area (Å²) < 4.78 is 5.56.